The second-order valence-electron chi connectivity index (χ2n) is 2.46. The Labute approximate surface area is 78.2 Å². The van der Waals surface area contributed by atoms with Crippen molar-refractivity contribution in [3.63, 3.8) is 0 Å². The maximum Gasteiger partial charge on any atom is 0.261 e. The maximum atomic E-state index is 8.55. The minimum atomic E-state index is -0.384. The van der Waals surface area contributed by atoms with Gasteiger partial charge in [0.2, 0.25) is 0 Å². The van der Waals surface area contributed by atoms with Gasteiger partial charge in [-0.25, -0.2) is 10.1 Å². The van der Waals surface area contributed by atoms with Gasteiger partial charge in [-0.05, 0) is 0 Å². The summed E-state index contributed by atoms with van der Waals surface area (Å²) < 4.78 is 9.88. The van der Waals surface area contributed by atoms with Crippen LogP contribution in [0.5, 0.6) is 0 Å². The third kappa shape index (κ3) is 3.71. The summed E-state index contributed by atoms with van der Waals surface area (Å²) >= 11 is 0. The highest BCUT2D eigenvalue weighted by molar-refractivity contribution is 5.32. The van der Waals surface area contributed by atoms with Crippen molar-refractivity contribution in [3.8, 4) is 6.07 Å². The SMILES string of the molecule is [C-]#[N+]/C(C#N)=C(/C)CC(OC)OC. The van der Waals surface area contributed by atoms with Crippen LogP contribution in [0.2, 0.25) is 0 Å². The lowest BCUT2D eigenvalue weighted by Crippen LogP contribution is -2.13. The molecule has 0 aromatic heterocycles. The molecule has 0 aliphatic heterocycles. The molecule has 0 aromatic rings. The minimum absolute atomic E-state index is 0.110. The highest BCUT2D eigenvalue weighted by Gasteiger charge is 2.09. The molecule has 0 aromatic carbocycles. The topological polar surface area (TPSA) is 46.6 Å². The molecule has 0 heterocycles. The van der Waals surface area contributed by atoms with E-state index in [0.29, 0.717) is 12.0 Å². The lowest BCUT2D eigenvalue weighted by atomic mass is 10.1. The largest absolute Gasteiger partial charge is 0.356 e. The first-order valence-electron chi connectivity index (χ1n) is 3.72. The van der Waals surface area contributed by atoms with Crippen molar-refractivity contribution in [1.29, 1.82) is 5.26 Å². The predicted molar refractivity (Wildman–Crippen MR) is 47.3 cm³/mol. The summed E-state index contributed by atoms with van der Waals surface area (Å²) in [6, 6.07) is 1.82. The molecule has 0 atom stereocenters. The standard InChI is InChI=1S/C9H12N2O2/c1-7(8(6-10)11-2)5-9(12-3)13-4/h9H,5H2,1,3-4H3/b8-7-. The molecule has 0 radical (unpaired) electrons. The Hall–Kier alpha value is -1.36. The van der Waals surface area contributed by atoms with Crippen molar-refractivity contribution in [1.82, 2.24) is 0 Å². The van der Waals surface area contributed by atoms with Gasteiger partial charge >= 0.3 is 0 Å². The second kappa shape index (κ2) is 6.19. The van der Waals surface area contributed by atoms with Gasteiger partial charge in [0.25, 0.3) is 5.70 Å². The maximum absolute atomic E-state index is 8.55. The van der Waals surface area contributed by atoms with Crippen LogP contribution in [0.4, 0.5) is 0 Å². The van der Waals surface area contributed by atoms with Crippen molar-refractivity contribution in [2.45, 2.75) is 19.6 Å². The molecule has 0 aliphatic rings. The van der Waals surface area contributed by atoms with Gasteiger partial charge in [-0.15, -0.1) is 0 Å². The third-order valence-corrected chi connectivity index (χ3v) is 1.62. The van der Waals surface area contributed by atoms with E-state index in [4.69, 9.17) is 21.3 Å². The lowest BCUT2D eigenvalue weighted by molar-refractivity contribution is -0.100. The molecule has 0 unspecified atom stereocenters. The fourth-order valence-corrected chi connectivity index (χ4v) is 0.825. The average Bonchev–Trinajstić information content (AvgIpc) is 2.16. The van der Waals surface area contributed by atoms with Crippen molar-refractivity contribution in [2.75, 3.05) is 14.2 Å². The molecule has 4 nitrogen and oxygen atoms in total. The first-order valence-corrected chi connectivity index (χ1v) is 3.72. The number of ether oxygens (including phenoxy) is 2. The van der Waals surface area contributed by atoms with Gasteiger partial charge in [-0.2, -0.15) is 0 Å². The van der Waals surface area contributed by atoms with Gasteiger partial charge in [-0.1, -0.05) is 12.5 Å². The van der Waals surface area contributed by atoms with Crippen LogP contribution in [0.3, 0.4) is 0 Å². The first kappa shape index (κ1) is 11.6. The molecular weight excluding hydrogens is 168 g/mol. The van der Waals surface area contributed by atoms with E-state index in [1.54, 1.807) is 6.92 Å². The number of hydrogen-bond donors (Lipinski definition) is 0. The summed E-state index contributed by atoms with van der Waals surface area (Å²) in [5.74, 6) is 0. The molecule has 70 valence electrons. The number of rotatable bonds is 4. The molecule has 0 aliphatic carbocycles. The highest BCUT2D eigenvalue weighted by Crippen LogP contribution is 2.13. The van der Waals surface area contributed by atoms with Crippen molar-refractivity contribution in [3.05, 3.63) is 22.7 Å². The Morgan fingerprint density at radius 1 is 1.54 bits per heavy atom. The third-order valence-electron chi connectivity index (χ3n) is 1.62. The van der Waals surface area contributed by atoms with Crippen LogP contribution >= 0.6 is 0 Å². The lowest BCUT2D eigenvalue weighted by Gasteiger charge is -2.13. The summed E-state index contributed by atoms with van der Waals surface area (Å²) in [4.78, 5) is 3.09. The summed E-state index contributed by atoms with van der Waals surface area (Å²) in [6.45, 7) is 8.44. The molecule has 0 saturated carbocycles. The number of allylic oxidation sites excluding steroid dienone is 1. The molecule has 13 heavy (non-hydrogen) atoms. The predicted octanol–water partition coefficient (Wildman–Crippen LogP) is 1.71. The first-order chi connectivity index (χ1) is 6.19. The van der Waals surface area contributed by atoms with Crippen LogP contribution in [-0.2, 0) is 9.47 Å². The summed E-state index contributed by atoms with van der Waals surface area (Å²) in [6.07, 6.45) is 0.0586. The zero-order valence-corrected chi connectivity index (χ0v) is 8.00. The van der Waals surface area contributed by atoms with Gasteiger partial charge in [-0.3, -0.25) is 0 Å². The smallest absolute Gasteiger partial charge is 0.261 e. The molecule has 0 spiro atoms. The fourth-order valence-electron chi connectivity index (χ4n) is 0.825. The van der Waals surface area contributed by atoms with E-state index < -0.39 is 0 Å². The summed E-state index contributed by atoms with van der Waals surface area (Å²) in [7, 11) is 3.04. The molecule has 0 amide bonds. The van der Waals surface area contributed by atoms with Crippen LogP contribution in [-0.4, -0.2) is 20.5 Å². The van der Waals surface area contributed by atoms with Crippen molar-refractivity contribution >= 4 is 0 Å². The fraction of sp³-hybridized carbons (Fsp3) is 0.556. The second-order valence-corrected chi connectivity index (χ2v) is 2.46. The Morgan fingerprint density at radius 2 is 2.08 bits per heavy atom. The quantitative estimate of drug-likeness (QED) is 0.376. The average molecular weight is 180 g/mol. The number of nitrogens with zero attached hydrogens (tertiary/aromatic N) is 2. The van der Waals surface area contributed by atoms with E-state index in [9.17, 15) is 0 Å². The molecule has 0 rings (SSSR count). The van der Waals surface area contributed by atoms with Crippen LogP contribution in [0, 0.1) is 17.9 Å². The van der Waals surface area contributed by atoms with Gasteiger partial charge in [0.05, 0.1) is 12.6 Å². The van der Waals surface area contributed by atoms with Gasteiger partial charge < -0.3 is 9.47 Å². The number of methoxy groups -OCH3 is 2. The van der Waals surface area contributed by atoms with E-state index in [1.807, 2.05) is 6.07 Å². The van der Waals surface area contributed by atoms with E-state index in [2.05, 4.69) is 4.85 Å². The summed E-state index contributed by atoms with van der Waals surface area (Å²) in [5.41, 5.74) is 0.797. The number of nitriles is 1. The van der Waals surface area contributed by atoms with Crippen molar-refractivity contribution < 1.29 is 9.47 Å². The molecule has 0 saturated heterocycles. The van der Waals surface area contributed by atoms with Gasteiger partial charge in [0, 0.05) is 20.6 Å². The molecule has 0 bridgehead atoms. The Balaban J connectivity index is 4.46. The van der Waals surface area contributed by atoms with Crippen LogP contribution in [0.25, 0.3) is 4.85 Å². The molecule has 0 fully saturated rings. The Bertz CT molecular complexity index is 250. The zero-order chi connectivity index (χ0) is 10.3. The Kier molecular flexibility index (Phi) is 5.54. The van der Waals surface area contributed by atoms with E-state index in [0.717, 1.165) is 0 Å². The van der Waals surface area contributed by atoms with E-state index >= 15 is 0 Å². The van der Waals surface area contributed by atoms with Crippen LogP contribution in [0.1, 0.15) is 13.3 Å². The highest BCUT2D eigenvalue weighted by atomic mass is 16.7. The monoisotopic (exact) mass is 180 g/mol. The van der Waals surface area contributed by atoms with Gasteiger partial charge in [0.15, 0.2) is 6.29 Å². The van der Waals surface area contributed by atoms with Crippen LogP contribution in [0.15, 0.2) is 11.3 Å². The number of hydrogen-bond acceptors (Lipinski definition) is 3. The van der Waals surface area contributed by atoms with Crippen LogP contribution < -0.4 is 0 Å². The zero-order valence-electron chi connectivity index (χ0n) is 8.00. The van der Waals surface area contributed by atoms with Crippen molar-refractivity contribution in [2.24, 2.45) is 0 Å². The van der Waals surface area contributed by atoms with E-state index in [1.165, 1.54) is 14.2 Å². The van der Waals surface area contributed by atoms with Gasteiger partial charge in [0.1, 0.15) is 0 Å². The molecule has 4 heteroatoms. The summed E-state index contributed by atoms with van der Waals surface area (Å²) in [5, 5.41) is 8.55. The normalized spacial score (nSPS) is 11.8. The molecular formula is C9H12N2O2. The van der Waals surface area contributed by atoms with E-state index in [-0.39, 0.29) is 12.0 Å². The molecule has 0 N–H and O–H groups in total. The Morgan fingerprint density at radius 3 is 2.38 bits per heavy atom. The minimum Gasteiger partial charge on any atom is -0.356 e.